The van der Waals surface area contributed by atoms with Gasteiger partial charge in [0.2, 0.25) is 0 Å². The Morgan fingerprint density at radius 2 is 0.614 bits per heavy atom. The predicted octanol–water partition coefficient (Wildman–Crippen LogP) is 18.3. The van der Waals surface area contributed by atoms with Gasteiger partial charge in [-0.1, -0.05) is 152 Å². The molecule has 4 nitrogen and oxygen atoms in total. The normalized spacial score (nSPS) is 11.7. The summed E-state index contributed by atoms with van der Waals surface area (Å²) in [4.78, 5) is 4.81. The number of hydrogen-bond donors (Lipinski definition) is 0. The van der Waals surface area contributed by atoms with Crippen molar-refractivity contribution >= 4 is 110 Å². The summed E-state index contributed by atoms with van der Waals surface area (Å²) in [6, 6.07) is 97.2. The second-order valence-corrected chi connectivity index (χ2v) is 18.1. The van der Waals surface area contributed by atoms with E-state index in [1.165, 1.54) is 75.9 Å². The second kappa shape index (κ2) is 16.2. The Morgan fingerprint density at radius 3 is 1.21 bits per heavy atom. The van der Waals surface area contributed by atoms with Crippen LogP contribution in [0.2, 0.25) is 0 Å². The maximum absolute atomic E-state index is 2.42. The first-order valence-electron chi connectivity index (χ1n) is 24.0. The lowest BCUT2D eigenvalue weighted by Crippen LogP contribution is -2.10. The van der Waals surface area contributed by atoms with Crippen molar-refractivity contribution in [3.05, 3.63) is 267 Å². The van der Waals surface area contributed by atoms with Gasteiger partial charge < -0.3 is 18.9 Å². The van der Waals surface area contributed by atoms with Crippen LogP contribution in [0, 0.1) is 0 Å². The van der Waals surface area contributed by atoms with Crippen LogP contribution in [0.3, 0.4) is 0 Å². The molecule has 0 unspecified atom stereocenters. The maximum atomic E-state index is 2.42. The van der Waals surface area contributed by atoms with Gasteiger partial charge in [0.15, 0.2) is 0 Å². The van der Waals surface area contributed by atoms with Crippen LogP contribution >= 0.6 is 0 Å². The summed E-state index contributed by atoms with van der Waals surface area (Å²) in [7, 11) is 0. The zero-order valence-corrected chi connectivity index (χ0v) is 38.2. The highest BCUT2D eigenvalue weighted by Gasteiger charge is 2.21. The van der Waals surface area contributed by atoms with Gasteiger partial charge >= 0.3 is 0 Å². The van der Waals surface area contributed by atoms with Crippen molar-refractivity contribution in [2.24, 2.45) is 0 Å². The maximum Gasteiger partial charge on any atom is 0.0542 e. The molecule has 0 amide bonds. The van der Waals surface area contributed by atoms with Crippen LogP contribution in [-0.4, -0.2) is 9.13 Å². The van der Waals surface area contributed by atoms with E-state index in [2.05, 4.69) is 286 Å². The van der Waals surface area contributed by atoms with E-state index in [9.17, 15) is 0 Å². The Bertz CT molecular complexity index is 4290. The molecular formula is C66H44N4. The van der Waals surface area contributed by atoms with Gasteiger partial charge in [0.25, 0.3) is 0 Å². The fourth-order valence-corrected chi connectivity index (χ4v) is 11.2. The molecular weight excluding hydrogens is 849 g/mol. The highest BCUT2D eigenvalue weighted by atomic mass is 15.2. The Hall–Kier alpha value is -9.38. The summed E-state index contributed by atoms with van der Waals surface area (Å²) >= 11 is 0. The van der Waals surface area contributed by atoms with E-state index in [1.54, 1.807) is 0 Å². The summed E-state index contributed by atoms with van der Waals surface area (Å²) in [5, 5.41) is 12.2. The van der Waals surface area contributed by atoms with Gasteiger partial charge in [-0.25, -0.2) is 0 Å². The molecule has 0 saturated carbocycles. The van der Waals surface area contributed by atoms with Gasteiger partial charge in [0.1, 0.15) is 0 Å². The first kappa shape index (κ1) is 39.8. The number of para-hydroxylation sites is 6. The molecule has 0 atom stereocenters. The molecule has 0 aliphatic rings. The molecule has 2 heterocycles. The monoisotopic (exact) mass is 892 g/mol. The third-order valence-corrected chi connectivity index (χ3v) is 14.2. The van der Waals surface area contributed by atoms with Gasteiger partial charge in [-0.15, -0.1) is 0 Å². The highest BCUT2D eigenvalue weighted by Crippen LogP contribution is 2.45. The number of hydrogen-bond acceptors (Lipinski definition) is 2. The summed E-state index contributed by atoms with van der Waals surface area (Å²) in [5.41, 5.74) is 13.7. The Kier molecular flexibility index (Phi) is 9.17. The van der Waals surface area contributed by atoms with E-state index < -0.39 is 0 Å². The smallest absolute Gasteiger partial charge is 0.0542 e. The van der Waals surface area contributed by atoms with E-state index in [-0.39, 0.29) is 0 Å². The van der Waals surface area contributed by atoms with Crippen molar-refractivity contribution in [2.45, 2.75) is 0 Å². The lowest BCUT2D eigenvalue weighted by molar-refractivity contribution is 1.18. The zero-order valence-electron chi connectivity index (χ0n) is 38.2. The van der Waals surface area contributed by atoms with Crippen LogP contribution in [-0.2, 0) is 0 Å². The molecule has 0 N–H and O–H groups in total. The largest absolute Gasteiger partial charge is 0.310 e. The highest BCUT2D eigenvalue weighted by molar-refractivity contribution is 6.20. The molecule has 14 rings (SSSR count). The van der Waals surface area contributed by atoms with Crippen molar-refractivity contribution in [1.29, 1.82) is 0 Å². The number of fused-ring (bicyclic) bond motifs is 11. The van der Waals surface area contributed by atoms with Crippen LogP contribution in [0.15, 0.2) is 267 Å². The number of aromatic nitrogens is 2. The van der Waals surface area contributed by atoms with Gasteiger partial charge in [-0.3, -0.25) is 0 Å². The molecule has 0 saturated heterocycles. The second-order valence-electron chi connectivity index (χ2n) is 18.1. The van der Waals surface area contributed by atoms with Crippen LogP contribution in [0.4, 0.5) is 34.1 Å². The van der Waals surface area contributed by atoms with Gasteiger partial charge in [0.05, 0.1) is 27.8 Å². The van der Waals surface area contributed by atoms with Crippen molar-refractivity contribution in [3.8, 4) is 11.4 Å². The fourth-order valence-electron chi connectivity index (χ4n) is 11.2. The molecule has 4 heteroatoms. The average molecular weight is 893 g/mol. The molecule has 0 fully saturated rings. The van der Waals surface area contributed by atoms with Gasteiger partial charge in [-0.2, -0.15) is 0 Å². The minimum atomic E-state index is 1.11. The number of anilines is 6. The fraction of sp³-hybridized carbons (Fsp3) is 0. The number of rotatable bonds is 8. The van der Waals surface area contributed by atoms with Crippen molar-refractivity contribution in [3.63, 3.8) is 0 Å². The zero-order chi connectivity index (χ0) is 46.1. The van der Waals surface area contributed by atoms with E-state index in [4.69, 9.17) is 0 Å². The minimum Gasteiger partial charge on any atom is -0.310 e. The first-order chi connectivity index (χ1) is 34.7. The molecule has 70 heavy (non-hydrogen) atoms. The van der Waals surface area contributed by atoms with E-state index in [0.717, 1.165) is 45.5 Å². The standard InChI is InChI=1S/C66H44N4/c1-5-18-46(19-6-1)67(51-34-40-65-60(43-51)57-26-13-15-29-63(57)69(65)48-22-9-3-10-23-48)50-33-37-53-45(42-50)32-36-56-54-28-17-31-62(59(54)39-38-55(53)56)68(47-20-7-2-8-21-47)52-35-41-66-61(44-52)58-27-14-16-30-64(58)70(66)49-24-11-4-12-25-49/h1-44H. The molecule has 0 aliphatic carbocycles. The number of benzene rings is 12. The van der Waals surface area contributed by atoms with E-state index in [0.29, 0.717) is 0 Å². The lowest BCUT2D eigenvalue weighted by Gasteiger charge is -2.27. The van der Waals surface area contributed by atoms with E-state index >= 15 is 0 Å². The molecule has 0 spiro atoms. The molecule has 0 aliphatic heterocycles. The summed E-state index contributed by atoms with van der Waals surface area (Å²) < 4.78 is 4.75. The van der Waals surface area contributed by atoms with E-state index in [1.807, 2.05) is 0 Å². The van der Waals surface area contributed by atoms with Crippen molar-refractivity contribution in [1.82, 2.24) is 9.13 Å². The summed E-state index contributed by atoms with van der Waals surface area (Å²) in [6.07, 6.45) is 0. The third-order valence-electron chi connectivity index (χ3n) is 14.2. The SMILES string of the molecule is c1ccc(N(c2ccc3c(ccc4c5cccc(N(c6ccccc6)c6ccc7c(c6)c6ccccc6n7-c6ccccc6)c5ccc34)c2)c2ccc3c(c2)c2ccccc2n3-c2ccccc2)cc1. The van der Waals surface area contributed by atoms with Crippen LogP contribution in [0.25, 0.3) is 87.3 Å². The first-order valence-corrected chi connectivity index (χ1v) is 24.0. The third kappa shape index (κ3) is 6.31. The topological polar surface area (TPSA) is 16.3 Å². The molecule has 14 aromatic rings. The Labute approximate surface area is 405 Å². The summed E-state index contributed by atoms with van der Waals surface area (Å²) in [5.74, 6) is 0. The molecule has 328 valence electrons. The van der Waals surface area contributed by atoms with Crippen molar-refractivity contribution < 1.29 is 0 Å². The lowest BCUT2D eigenvalue weighted by atomic mass is 9.95. The quantitative estimate of drug-likeness (QED) is 0.141. The molecule has 0 bridgehead atoms. The number of nitrogens with zero attached hydrogens (tertiary/aromatic N) is 4. The predicted molar refractivity (Wildman–Crippen MR) is 297 cm³/mol. The minimum absolute atomic E-state index is 1.11. The molecule has 2 aromatic heterocycles. The van der Waals surface area contributed by atoms with Gasteiger partial charge in [0, 0.05) is 66.7 Å². The van der Waals surface area contributed by atoms with Crippen LogP contribution < -0.4 is 9.80 Å². The Morgan fingerprint density at radius 1 is 0.214 bits per heavy atom. The van der Waals surface area contributed by atoms with Crippen LogP contribution in [0.5, 0.6) is 0 Å². The Balaban J connectivity index is 0.899. The molecule has 12 aromatic carbocycles. The van der Waals surface area contributed by atoms with Crippen LogP contribution in [0.1, 0.15) is 0 Å². The van der Waals surface area contributed by atoms with Crippen molar-refractivity contribution in [2.75, 3.05) is 9.80 Å². The summed E-state index contributed by atoms with van der Waals surface area (Å²) in [6.45, 7) is 0. The molecule has 0 radical (unpaired) electrons. The van der Waals surface area contributed by atoms with Gasteiger partial charge in [-0.05, 0) is 142 Å². The average Bonchev–Trinajstić information content (AvgIpc) is 3.94.